The van der Waals surface area contributed by atoms with E-state index in [2.05, 4.69) is 4.98 Å². The van der Waals surface area contributed by atoms with E-state index in [1.165, 1.54) is 0 Å². The third kappa shape index (κ3) is 3.98. The molecule has 146 valence electrons. The van der Waals surface area contributed by atoms with Gasteiger partial charge in [-0.2, -0.15) is 0 Å². The Kier molecular flexibility index (Phi) is 5.23. The summed E-state index contributed by atoms with van der Waals surface area (Å²) in [6.07, 6.45) is 3.45. The lowest BCUT2D eigenvalue weighted by atomic mass is 10.0. The number of fused-ring (bicyclic) bond motifs is 1. The summed E-state index contributed by atoms with van der Waals surface area (Å²) >= 11 is 0. The average molecular weight is 380 g/mol. The van der Waals surface area contributed by atoms with Crippen LogP contribution in [0.1, 0.15) is 36.3 Å². The fourth-order valence-corrected chi connectivity index (χ4v) is 3.75. The van der Waals surface area contributed by atoms with Crippen LogP contribution >= 0.6 is 0 Å². The van der Waals surface area contributed by atoms with Gasteiger partial charge in [0.15, 0.2) is 6.61 Å². The number of aromatic nitrogens is 2. The number of amides is 2. The van der Waals surface area contributed by atoms with Crippen molar-refractivity contribution in [3.8, 4) is 5.75 Å². The second-order valence-electron chi connectivity index (χ2n) is 7.32. The lowest BCUT2D eigenvalue weighted by Crippen LogP contribution is -2.35. The van der Waals surface area contributed by atoms with Gasteiger partial charge in [-0.05, 0) is 18.6 Å². The van der Waals surface area contributed by atoms with Gasteiger partial charge in [-0.15, -0.1) is 0 Å². The molecule has 2 amide bonds. The highest BCUT2D eigenvalue weighted by Crippen LogP contribution is 2.26. The second-order valence-corrected chi connectivity index (χ2v) is 7.32. The highest BCUT2D eigenvalue weighted by atomic mass is 16.5. The molecule has 2 aliphatic rings. The molecular formula is C21H24N4O3. The van der Waals surface area contributed by atoms with Crippen LogP contribution in [0.2, 0.25) is 0 Å². The van der Waals surface area contributed by atoms with Crippen LogP contribution in [-0.2, 0) is 22.6 Å². The Morgan fingerprint density at radius 1 is 1.18 bits per heavy atom. The maximum Gasteiger partial charge on any atom is 0.260 e. The van der Waals surface area contributed by atoms with E-state index in [4.69, 9.17) is 9.72 Å². The van der Waals surface area contributed by atoms with E-state index < -0.39 is 0 Å². The molecule has 1 aromatic heterocycles. The van der Waals surface area contributed by atoms with E-state index in [1.54, 1.807) is 6.92 Å². The summed E-state index contributed by atoms with van der Waals surface area (Å²) < 4.78 is 5.57. The summed E-state index contributed by atoms with van der Waals surface area (Å²) in [5.41, 5.74) is 2.05. The van der Waals surface area contributed by atoms with E-state index in [0.29, 0.717) is 31.9 Å². The van der Waals surface area contributed by atoms with Gasteiger partial charge in [-0.25, -0.2) is 9.97 Å². The summed E-state index contributed by atoms with van der Waals surface area (Å²) in [5.74, 6) is 1.72. The lowest BCUT2D eigenvalue weighted by molar-refractivity contribution is -0.132. The predicted octanol–water partition coefficient (Wildman–Crippen LogP) is 1.78. The molecule has 2 aliphatic heterocycles. The maximum atomic E-state index is 12.5. The largest absolute Gasteiger partial charge is 0.484 e. The van der Waals surface area contributed by atoms with Crippen molar-refractivity contribution in [2.45, 2.75) is 32.2 Å². The Bertz CT molecular complexity index is 871. The summed E-state index contributed by atoms with van der Waals surface area (Å²) in [6.45, 7) is 4.23. The summed E-state index contributed by atoms with van der Waals surface area (Å²) in [4.78, 5) is 37.0. The van der Waals surface area contributed by atoms with Crippen LogP contribution < -0.4 is 4.74 Å². The summed E-state index contributed by atoms with van der Waals surface area (Å²) in [7, 11) is 0. The van der Waals surface area contributed by atoms with Gasteiger partial charge >= 0.3 is 0 Å². The van der Waals surface area contributed by atoms with Gasteiger partial charge in [0.2, 0.25) is 5.91 Å². The topological polar surface area (TPSA) is 75.6 Å². The number of likely N-dealkylation sites (tertiary alicyclic amines) is 1. The van der Waals surface area contributed by atoms with Crippen LogP contribution in [0.3, 0.4) is 0 Å². The molecule has 28 heavy (non-hydrogen) atoms. The molecule has 0 N–H and O–H groups in total. The number of hydrogen-bond donors (Lipinski definition) is 0. The van der Waals surface area contributed by atoms with Gasteiger partial charge in [0, 0.05) is 57.2 Å². The Morgan fingerprint density at radius 3 is 2.79 bits per heavy atom. The molecule has 1 atom stereocenters. The molecular weight excluding hydrogens is 356 g/mol. The number of carbonyl (C=O) groups is 2. The predicted molar refractivity (Wildman–Crippen MR) is 103 cm³/mol. The zero-order valence-electron chi connectivity index (χ0n) is 16.0. The number of para-hydroxylation sites is 1. The Hall–Kier alpha value is -2.96. The molecule has 0 saturated carbocycles. The first kappa shape index (κ1) is 18.4. The highest BCUT2D eigenvalue weighted by molar-refractivity contribution is 5.78. The monoisotopic (exact) mass is 380 g/mol. The smallest absolute Gasteiger partial charge is 0.260 e. The Balaban J connectivity index is 1.35. The SMILES string of the molecule is CC(=O)N1CCc2nc(C3CCN(C(=O)COc4ccccc4)C3)ncc2C1. The van der Waals surface area contributed by atoms with Gasteiger partial charge in [0.05, 0.1) is 5.69 Å². The first-order valence-corrected chi connectivity index (χ1v) is 9.66. The molecule has 4 rings (SSSR count). The van der Waals surface area contributed by atoms with Crippen LogP contribution in [0.15, 0.2) is 36.5 Å². The molecule has 1 unspecified atom stereocenters. The molecule has 1 fully saturated rings. The highest BCUT2D eigenvalue weighted by Gasteiger charge is 2.30. The molecule has 0 radical (unpaired) electrons. The van der Waals surface area contributed by atoms with Crippen LogP contribution in [-0.4, -0.2) is 57.8 Å². The molecule has 2 aromatic rings. The molecule has 0 spiro atoms. The van der Waals surface area contributed by atoms with Gasteiger partial charge in [-0.3, -0.25) is 9.59 Å². The van der Waals surface area contributed by atoms with E-state index in [-0.39, 0.29) is 24.3 Å². The lowest BCUT2D eigenvalue weighted by Gasteiger charge is -2.27. The van der Waals surface area contributed by atoms with E-state index >= 15 is 0 Å². The van der Waals surface area contributed by atoms with Crippen molar-refractivity contribution in [1.82, 2.24) is 19.8 Å². The second kappa shape index (κ2) is 7.96. The zero-order chi connectivity index (χ0) is 19.5. The van der Waals surface area contributed by atoms with E-state index in [9.17, 15) is 9.59 Å². The van der Waals surface area contributed by atoms with Gasteiger partial charge < -0.3 is 14.5 Å². The van der Waals surface area contributed by atoms with Gasteiger partial charge in [0.25, 0.3) is 5.91 Å². The van der Waals surface area contributed by atoms with E-state index in [1.807, 2.05) is 46.3 Å². The van der Waals surface area contributed by atoms with Crippen LogP contribution in [0.4, 0.5) is 0 Å². The zero-order valence-corrected chi connectivity index (χ0v) is 16.0. The molecule has 1 aromatic carbocycles. The minimum Gasteiger partial charge on any atom is -0.484 e. The Morgan fingerprint density at radius 2 is 2.00 bits per heavy atom. The van der Waals surface area contributed by atoms with Crippen molar-refractivity contribution >= 4 is 11.8 Å². The van der Waals surface area contributed by atoms with Crippen LogP contribution in [0.25, 0.3) is 0 Å². The van der Waals surface area contributed by atoms with Crippen molar-refractivity contribution in [3.63, 3.8) is 0 Å². The first-order valence-electron chi connectivity index (χ1n) is 9.66. The quantitative estimate of drug-likeness (QED) is 0.808. The van der Waals surface area contributed by atoms with Crippen molar-refractivity contribution in [1.29, 1.82) is 0 Å². The van der Waals surface area contributed by atoms with Crippen molar-refractivity contribution in [3.05, 3.63) is 53.6 Å². The number of carbonyl (C=O) groups excluding carboxylic acids is 2. The first-order chi connectivity index (χ1) is 13.6. The number of nitrogens with zero attached hydrogens (tertiary/aromatic N) is 4. The molecule has 1 saturated heterocycles. The van der Waals surface area contributed by atoms with Crippen LogP contribution in [0.5, 0.6) is 5.75 Å². The average Bonchev–Trinajstić information content (AvgIpc) is 3.22. The number of rotatable bonds is 4. The molecule has 3 heterocycles. The van der Waals surface area contributed by atoms with Crippen LogP contribution in [0, 0.1) is 0 Å². The Labute approximate surface area is 164 Å². The number of ether oxygens (including phenoxy) is 1. The molecule has 0 aliphatic carbocycles. The third-order valence-corrected chi connectivity index (χ3v) is 5.41. The molecule has 7 heteroatoms. The summed E-state index contributed by atoms with van der Waals surface area (Å²) in [6, 6.07) is 9.36. The minimum absolute atomic E-state index is 0.0126. The standard InChI is InChI=1S/C21H24N4O3/c1-15(26)24-10-8-19-17(13-24)11-22-21(23-19)16-7-9-25(12-16)20(27)14-28-18-5-3-2-4-6-18/h2-6,11,16H,7-10,12-14H2,1H3. The number of benzene rings is 1. The van der Waals surface area contributed by atoms with Gasteiger partial charge in [-0.1, -0.05) is 18.2 Å². The third-order valence-electron chi connectivity index (χ3n) is 5.41. The van der Waals surface area contributed by atoms with E-state index in [0.717, 1.165) is 29.9 Å². The fraction of sp³-hybridized carbons (Fsp3) is 0.429. The van der Waals surface area contributed by atoms with Crippen molar-refractivity contribution in [2.75, 3.05) is 26.2 Å². The summed E-state index contributed by atoms with van der Waals surface area (Å²) in [5, 5.41) is 0. The number of hydrogen-bond acceptors (Lipinski definition) is 5. The van der Waals surface area contributed by atoms with Crippen molar-refractivity contribution in [2.24, 2.45) is 0 Å². The van der Waals surface area contributed by atoms with Gasteiger partial charge in [0.1, 0.15) is 11.6 Å². The maximum absolute atomic E-state index is 12.5. The normalized spacial score (nSPS) is 18.7. The fourth-order valence-electron chi connectivity index (χ4n) is 3.75. The molecule has 0 bridgehead atoms. The van der Waals surface area contributed by atoms with Crippen molar-refractivity contribution < 1.29 is 14.3 Å². The minimum atomic E-state index is -0.0126. The molecule has 7 nitrogen and oxygen atoms in total.